The molecule has 0 aliphatic carbocycles. The fourth-order valence-corrected chi connectivity index (χ4v) is 2.50. The molecule has 0 saturated carbocycles. The fraction of sp³-hybridized carbons (Fsp3) is 0.273. The summed E-state index contributed by atoms with van der Waals surface area (Å²) < 4.78 is 16.8. The summed E-state index contributed by atoms with van der Waals surface area (Å²) in [7, 11) is 0. The average Bonchev–Trinajstić information content (AvgIpc) is 2.69. The third-order valence-electron chi connectivity index (χ3n) is 4.45. The summed E-state index contributed by atoms with van der Waals surface area (Å²) in [5, 5.41) is 9.51. The standard InChI is InChI=1S/C22H22O6/c1-4-14-5-7-15(8-6-14)28-19-12-26-18-11-16(9-10-17(18)20(19)23)27-13-22(2,3)21(24)25/h5-12H,4,13H2,1-3H3,(H,24,25). The second-order valence-electron chi connectivity index (χ2n) is 7.16. The van der Waals surface area contributed by atoms with E-state index in [1.807, 2.05) is 24.3 Å². The van der Waals surface area contributed by atoms with Crippen molar-refractivity contribution in [2.75, 3.05) is 6.61 Å². The number of fused-ring (bicyclic) bond motifs is 1. The predicted octanol–water partition coefficient (Wildman–Crippen LogP) is 4.64. The average molecular weight is 382 g/mol. The first-order valence-electron chi connectivity index (χ1n) is 8.99. The summed E-state index contributed by atoms with van der Waals surface area (Å²) >= 11 is 0. The Bertz CT molecular complexity index is 1050. The van der Waals surface area contributed by atoms with Crippen LogP contribution in [-0.2, 0) is 11.2 Å². The lowest BCUT2D eigenvalue weighted by molar-refractivity contribution is -0.148. The van der Waals surface area contributed by atoms with E-state index in [1.165, 1.54) is 11.8 Å². The molecular weight excluding hydrogens is 360 g/mol. The zero-order valence-corrected chi connectivity index (χ0v) is 16.0. The quantitative estimate of drug-likeness (QED) is 0.641. The zero-order valence-electron chi connectivity index (χ0n) is 16.0. The van der Waals surface area contributed by atoms with Gasteiger partial charge in [-0.25, -0.2) is 0 Å². The van der Waals surface area contributed by atoms with E-state index in [0.29, 0.717) is 22.5 Å². The normalized spacial score (nSPS) is 11.4. The van der Waals surface area contributed by atoms with Crippen LogP contribution in [0.15, 0.2) is 57.9 Å². The summed E-state index contributed by atoms with van der Waals surface area (Å²) in [4.78, 5) is 23.8. The van der Waals surface area contributed by atoms with Crippen molar-refractivity contribution in [2.45, 2.75) is 27.2 Å². The molecule has 2 aromatic carbocycles. The Hall–Kier alpha value is -3.28. The highest BCUT2D eigenvalue weighted by atomic mass is 16.5. The molecule has 0 saturated heterocycles. The minimum atomic E-state index is -1.03. The molecule has 1 N–H and O–H groups in total. The number of rotatable bonds is 7. The molecule has 1 heterocycles. The Morgan fingerprint density at radius 2 is 1.79 bits per heavy atom. The van der Waals surface area contributed by atoms with Crippen LogP contribution in [0.4, 0.5) is 0 Å². The van der Waals surface area contributed by atoms with Gasteiger partial charge in [0.1, 0.15) is 30.0 Å². The van der Waals surface area contributed by atoms with Crippen LogP contribution in [0.3, 0.4) is 0 Å². The highest BCUT2D eigenvalue weighted by Gasteiger charge is 2.28. The molecule has 0 atom stereocenters. The van der Waals surface area contributed by atoms with Crippen molar-refractivity contribution in [1.82, 2.24) is 0 Å². The maximum atomic E-state index is 12.7. The van der Waals surface area contributed by atoms with Crippen molar-refractivity contribution in [3.63, 3.8) is 0 Å². The second kappa shape index (κ2) is 7.76. The van der Waals surface area contributed by atoms with Gasteiger partial charge in [0.15, 0.2) is 0 Å². The molecule has 0 radical (unpaired) electrons. The Balaban J connectivity index is 1.82. The van der Waals surface area contributed by atoms with Crippen molar-refractivity contribution in [3.8, 4) is 17.2 Å². The predicted molar refractivity (Wildman–Crippen MR) is 105 cm³/mol. The van der Waals surface area contributed by atoms with Crippen LogP contribution in [-0.4, -0.2) is 17.7 Å². The van der Waals surface area contributed by atoms with E-state index < -0.39 is 11.4 Å². The number of benzene rings is 2. The van der Waals surface area contributed by atoms with Gasteiger partial charge >= 0.3 is 5.97 Å². The fourth-order valence-electron chi connectivity index (χ4n) is 2.50. The lowest BCUT2D eigenvalue weighted by atomic mass is 9.95. The highest BCUT2D eigenvalue weighted by molar-refractivity contribution is 5.79. The first-order chi connectivity index (χ1) is 13.3. The van der Waals surface area contributed by atoms with Crippen LogP contribution in [0.2, 0.25) is 0 Å². The van der Waals surface area contributed by atoms with E-state index in [1.54, 1.807) is 32.0 Å². The minimum Gasteiger partial charge on any atom is -0.492 e. The van der Waals surface area contributed by atoms with Crippen molar-refractivity contribution >= 4 is 16.9 Å². The van der Waals surface area contributed by atoms with Gasteiger partial charge in [-0.2, -0.15) is 0 Å². The number of hydrogen-bond donors (Lipinski definition) is 1. The van der Waals surface area contributed by atoms with Crippen molar-refractivity contribution in [2.24, 2.45) is 5.41 Å². The molecule has 0 aliphatic rings. The lowest BCUT2D eigenvalue weighted by Crippen LogP contribution is -2.30. The van der Waals surface area contributed by atoms with Gasteiger partial charge in [-0.15, -0.1) is 0 Å². The molecule has 0 unspecified atom stereocenters. The van der Waals surface area contributed by atoms with E-state index in [4.69, 9.17) is 19.0 Å². The van der Waals surface area contributed by atoms with Gasteiger partial charge in [0.25, 0.3) is 0 Å². The summed E-state index contributed by atoms with van der Waals surface area (Å²) in [6.45, 7) is 5.21. The van der Waals surface area contributed by atoms with Gasteiger partial charge in [0.2, 0.25) is 11.2 Å². The largest absolute Gasteiger partial charge is 0.492 e. The minimum absolute atomic E-state index is 0.00692. The molecule has 0 bridgehead atoms. The molecule has 3 aromatic rings. The van der Waals surface area contributed by atoms with Gasteiger partial charge in [-0.05, 0) is 50.1 Å². The molecule has 0 fully saturated rings. The molecule has 1 aromatic heterocycles. The Morgan fingerprint density at radius 3 is 2.43 bits per heavy atom. The van der Waals surface area contributed by atoms with E-state index in [-0.39, 0.29) is 17.8 Å². The van der Waals surface area contributed by atoms with Gasteiger partial charge < -0.3 is 19.0 Å². The van der Waals surface area contributed by atoms with Gasteiger partial charge in [-0.3, -0.25) is 9.59 Å². The van der Waals surface area contributed by atoms with Crippen LogP contribution in [0.1, 0.15) is 26.3 Å². The van der Waals surface area contributed by atoms with E-state index >= 15 is 0 Å². The lowest BCUT2D eigenvalue weighted by Gasteiger charge is -2.19. The number of hydrogen-bond acceptors (Lipinski definition) is 5. The molecule has 146 valence electrons. The summed E-state index contributed by atoms with van der Waals surface area (Å²) in [6, 6.07) is 12.3. The molecule has 0 amide bonds. The van der Waals surface area contributed by atoms with Crippen molar-refractivity contribution in [1.29, 1.82) is 0 Å². The molecule has 0 spiro atoms. The van der Waals surface area contributed by atoms with Crippen LogP contribution in [0.5, 0.6) is 17.2 Å². The second-order valence-corrected chi connectivity index (χ2v) is 7.16. The maximum absolute atomic E-state index is 12.7. The third-order valence-corrected chi connectivity index (χ3v) is 4.45. The van der Waals surface area contributed by atoms with E-state index in [9.17, 15) is 9.59 Å². The van der Waals surface area contributed by atoms with Crippen LogP contribution < -0.4 is 14.9 Å². The van der Waals surface area contributed by atoms with Gasteiger partial charge in [-0.1, -0.05) is 19.1 Å². The van der Waals surface area contributed by atoms with E-state index in [2.05, 4.69) is 6.92 Å². The van der Waals surface area contributed by atoms with Crippen LogP contribution >= 0.6 is 0 Å². The highest BCUT2D eigenvalue weighted by Crippen LogP contribution is 2.25. The van der Waals surface area contributed by atoms with Crippen LogP contribution in [0, 0.1) is 5.41 Å². The van der Waals surface area contributed by atoms with E-state index in [0.717, 1.165) is 6.42 Å². The summed E-state index contributed by atoms with van der Waals surface area (Å²) in [5.74, 6) is 0.125. The number of aliphatic carboxylic acids is 1. The number of ether oxygens (including phenoxy) is 2. The summed E-state index contributed by atoms with van der Waals surface area (Å²) in [6.07, 6.45) is 2.19. The molecule has 3 rings (SSSR count). The van der Waals surface area contributed by atoms with Crippen molar-refractivity contribution < 1.29 is 23.8 Å². The molecule has 0 aliphatic heterocycles. The molecular formula is C22H22O6. The monoisotopic (exact) mass is 382 g/mol. The Kier molecular flexibility index (Phi) is 5.40. The van der Waals surface area contributed by atoms with Gasteiger partial charge in [0, 0.05) is 6.07 Å². The number of carboxylic acids is 1. The van der Waals surface area contributed by atoms with Crippen molar-refractivity contribution in [3.05, 3.63) is 64.5 Å². The molecule has 6 heteroatoms. The van der Waals surface area contributed by atoms with Crippen LogP contribution in [0.25, 0.3) is 11.0 Å². The first kappa shape index (κ1) is 19.5. The number of aryl methyl sites for hydroxylation is 1. The number of carboxylic acid groups (broad SMARTS) is 1. The Morgan fingerprint density at radius 1 is 1.11 bits per heavy atom. The number of carbonyl (C=O) groups is 1. The maximum Gasteiger partial charge on any atom is 0.312 e. The Labute approximate surface area is 162 Å². The SMILES string of the molecule is CCc1ccc(Oc2coc3cc(OCC(C)(C)C(=O)O)ccc3c2=O)cc1. The molecule has 6 nitrogen and oxygen atoms in total. The molecule has 28 heavy (non-hydrogen) atoms. The first-order valence-corrected chi connectivity index (χ1v) is 8.99. The topological polar surface area (TPSA) is 86.0 Å². The summed E-state index contributed by atoms with van der Waals surface area (Å²) in [5.41, 5.74) is 0.194. The van der Waals surface area contributed by atoms with Gasteiger partial charge in [0.05, 0.1) is 10.8 Å². The smallest absolute Gasteiger partial charge is 0.312 e. The third kappa shape index (κ3) is 4.17. The zero-order chi connectivity index (χ0) is 20.3.